The number of hydrogen-bond donors (Lipinski definition) is 0. The zero-order valence-electron chi connectivity index (χ0n) is 20.7. The van der Waals surface area contributed by atoms with Gasteiger partial charge < -0.3 is 4.84 Å². The fourth-order valence-electron chi connectivity index (χ4n) is 4.75. The summed E-state index contributed by atoms with van der Waals surface area (Å²) in [6.07, 6.45) is -4.95. The number of hydroxylamine groups is 1. The Morgan fingerprint density at radius 3 is 2.29 bits per heavy atom. The van der Waals surface area contributed by atoms with E-state index in [1.54, 1.807) is 0 Å². The van der Waals surface area contributed by atoms with Crippen LogP contribution in [0.1, 0.15) is 12.0 Å². The molecule has 0 aliphatic carbocycles. The Morgan fingerprint density at radius 1 is 1.13 bits per heavy atom. The molecule has 2 heterocycles. The van der Waals surface area contributed by atoms with Crippen molar-refractivity contribution in [2.45, 2.75) is 41.5 Å². The van der Waals surface area contributed by atoms with Gasteiger partial charge in [0.15, 0.2) is 5.79 Å². The van der Waals surface area contributed by atoms with E-state index in [1.165, 1.54) is 49.3 Å². The number of likely N-dealkylation sites (N-methyl/N-ethyl adjacent to an activating group) is 1. The molecule has 38 heavy (non-hydrogen) atoms. The van der Waals surface area contributed by atoms with Crippen molar-refractivity contribution >= 4 is 27.8 Å². The van der Waals surface area contributed by atoms with Crippen LogP contribution >= 0.6 is 11.8 Å². The van der Waals surface area contributed by atoms with Crippen LogP contribution < -0.4 is 0 Å². The molecule has 2 aliphatic rings. The average Bonchev–Trinajstić information content (AvgIpc) is 3.47. The van der Waals surface area contributed by atoms with Crippen molar-refractivity contribution in [3.63, 3.8) is 0 Å². The fraction of sp³-hybridized carbons (Fsp3) is 0.458. The van der Waals surface area contributed by atoms with E-state index in [0.717, 1.165) is 10.5 Å². The van der Waals surface area contributed by atoms with Crippen LogP contribution in [0.15, 0.2) is 65.6 Å². The van der Waals surface area contributed by atoms with Gasteiger partial charge in [0.25, 0.3) is 10.0 Å². The Morgan fingerprint density at radius 2 is 1.74 bits per heavy atom. The Bertz CT molecular complexity index is 1220. The minimum absolute atomic E-state index is 0.0393. The van der Waals surface area contributed by atoms with Crippen LogP contribution in [0.2, 0.25) is 0 Å². The summed E-state index contributed by atoms with van der Waals surface area (Å²) in [5.41, 5.74) is -0.701. The predicted octanol–water partition coefficient (Wildman–Crippen LogP) is 3.49. The molecule has 0 amide bonds. The number of sulfonamides is 1. The lowest BCUT2D eigenvalue weighted by Crippen LogP contribution is -2.71. The Labute approximate surface area is 223 Å². The second-order valence-corrected chi connectivity index (χ2v) is 11.9. The minimum Gasteiger partial charge on any atom is -0.342 e. The van der Waals surface area contributed by atoms with Gasteiger partial charge in [0.05, 0.1) is 4.90 Å². The van der Waals surface area contributed by atoms with Crippen LogP contribution in [0.3, 0.4) is 0 Å². The van der Waals surface area contributed by atoms with Gasteiger partial charge in [-0.2, -0.15) is 13.2 Å². The average molecular weight is 577 g/mol. The SMILES string of the molecule is CN(C1CCN(Cc2ccccc2)C1)[C@@]1(N(OC(=O)C(F)(F)F)S(=O)(=O)c2ccccc2)CS[C@H](F)N1C. The second kappa shape index (κ2) is 11.1. The molecule has 0 radical (unpaired) electrons. The monoisotopic (exact) mass is 576 g/mol. The lowest BCUT2D eigenvalue weighted by atomic mass is 10.2. The molecule has 2 fully saturated rings. The number of carbonyl (C=O) groups is 1. The third-order valence-corrected chi connectivity index (χ3v) is 9.66. The van der Waals surface area contributed by atoms with E-state index in [0.29, 0.717) is 37.8 Å². The van der Waals surface area contributed by atoms with Gasteiger partial charge >= 0.3 is 12.1 Å². The molecular formula is C24H28F4N4O4S2. The van der Waals surface area contributed by atoms with Gasteiger partial charge in [-0.25, -0.2) is 22.5 Å². The summed E-state index contributed by atoms with van der Waals surface area (Å²) in [4.78, 5) is 20.9. The summed E-state index contributed by atoms with van der Waals surface area (Å²) in [7, 11) is -2.11. The highest BCUT2D eigenvalue weighted by Crippen LogP contribution is 2.45. The molecule has 14 heteroatoms. The molecule has 2 aromatic carbocycles. The highest BCUT2D eigenvalue weighted by Gasteiger charge is 2.62. The largest absolute Gasteiger partial charge is 0.492 e. The van der Waals surface area contributed by atoms with Crippen LogP contribution in [0.25, 0.3) is 0 Å². The van der Waals surface area contributed by atoms with Gasteiger partial charge in [-0.1, -0.05) is 48.5 Å². The molecule has 3 atom stereocenters. The normalized spacial score (nSPS) is 25.4. The number of likely N-dealkylation sites (tertiary alicyclic amines) is 1. The molecule has 2 aliphatic heterocycles. The van der Waals surface area contributed by atoms with E-state index in [9.17, 15) is 26.4 Å². The molecule has 2 aromatic rings. The van der Waals surface area contributed by atoms with Gasteiger partial charge in [0.1, 0.15) is 0 Å². The molecule has 0 aromatic heterocycles. The Hall–Kier alpha value is -2.23. The van der Waals surface area contributed by atoms with Gasteiger partial charge in [0, 0.05) is 35.9 Å². The first-order chi connectivity index (χ1) is 17.9. The zero-order chi connectivity index (χ0) is 27.7. The standard InChI is InChI=1S/C24H28F4N4O4S2/c1-29(19-13-14-31(16-19)15-18-9-5-3-6-10-18)23(17-37-22(25)30(23)2)32(36-21(33)24(26,27)28)38(34,35)20-11-7-4-8-12-20/h3-12,19,22H,13-17H2,1-2H3/t19?,22-,23+/m1/s1. The van der Waals surface area contributed by atoms with Crippen LogP contribution in [-0.2, 0) is 26.2 Å². The van der Waals surface area contributed by atoms with E-state index < -0.39 is 38.5 Å². The quantitative estimate of drug-likeness (QED) is 0.205. The smallest absolute Gasteiger partial charge is 0.342 e. The zero-order valence-corrected chi connectivity index (χ0v) is 22.3. The first-order valence-electron chi connectivity index (χ1n) is 11.7. The number of carbonyl (C=O) groups excluding carboxylic acids is 1. The van der Waals surface area contributed by atoms with Crippen LogP contribution in [0.4, 0.5) is 17.6 Å². The summed E-state index contributed by atoms with van der Waals surface area (Å²) in [5.74, 6) is -5.11. The number of alkyl halides is 4. The molecule has 208 valence electrons. The summed E-state index contributed by atoms with van der Waals surface area (Å²) >= 11 is 0.702. The van der Waals surface area contributed by atoms with Crippen molar-refractivity contribution in [3.8, 4) is 0 Å². The highest BCUT2D eigenvalue weighted by atomic mass is 32.2. The topological polar surface area (TPSA) is 73.4 Å². The van der Waals surface area contributed by atoms with E-state index >= 15 is 4.39 Å². The maximum absolute atomic E-state index is 15.0. The third kappa shape index (κ3) is 5.56. The van der Waals surface area contributed by atoms with E-state index in [-0.39, 0.29) is 16.3 Å². The van der Waals surface area contributed by atoms with Gasteiger partial charge in [-0.15, -0.1) is 11.8 Å². The van der Waals surface area contributed by atoms with Gasteiger partial charge in [-0.05, 0) is 38.2 Å². The van der Waals surface area contributed by atoms with Crippen molar-refractivity contribution < 1.29 is 35.6 Å². The van der Waals surface area contributed by atoms with Gasteiger partial charge in [-0.3, -0.25) is 9.80 Å². The van der Waals surface area contributed by atoms with Crippen molar-refractivity contribution in [2.75, 3.05) is 32.9 Å². The number of benzene rings is 2. The minimum atomic E-state index is -5.48. The first-order valence-corrected chi connectivity index (χ1v) is 14.2. The maximum atomic E-state index is 15.0. The summed E-state index contributed by atoms with van der Waals surface area (Å²) in [6, 6.07) is 15.9. The van der Waals surface area contributed by atoms with Crippen LogP contribution in [-0.4, -0.2) is 90.1 Å². The number of halogens is 4. The summed E-state index contributed by atoms with van der Waals surface area (Å²) in [6.45, 7) is 1.68. The Kier molecular flexibility index (Phi) is 8.40. The summed E-state index contributed by atoms with van der Waals surface area (Å²) in [5, 5.41) is 0. The van der Waals surface area contributed by atoms with Gasteiger partial charge in [0.2, 0.25) is 5.63 Å². The number of thioether (sulfide) groups is 1. The number of hydrogen-bond acceptors (Lipinski definition) is 8. The van der Waals surface area contributed by atoms with E-state index in [4.69, 9.17) is 0 Å². The molecule has 0 saturated carbocycles. The highest BCUT2D eigenvalue weighted by molar-refractivity contribution is 8.00. The predicted molar refractivity (Wildman–Crippen MR) is 133 cm³/mol. The lowest BCUT2D eigenvalue weighted by molar-refractivity contribution is -0.271. The van der Waals surface area contributed by atoms with Crippen molar-refractivity contribution in [2.24, 2.45) is 0 Å². The number of rotatable bonds is 8. The molecule has 2 saturated heterocycles. The van der Waals surface area contributed by atoms with Crippen LogP contribution in [0, 0.1) is 0 Å². The fourth-order valence-corrected chi connectivity index (χ4v) is 7.68. The molecule has 1 unspecified atom stereocenters. The lowest BCUT2D eigenvalue weighted by Gasteiger charge is -2.49. The van der Waals surface area contributed by atoms with E-state index in [1.807, 2.05) is 30.3 Å². The molecule has 0 bridgehead atoms. The van der Waals surface area contributed by atoms with Crippen molar-refractivity contribution in [3.05, 3.63) is 66.2 Å². The first kappa shape index (κ1) is 28.8. The van der Waals surface area contributed by atoms with Crippen molar-refractivity contribution in [1.82, 2.24) is 19.2 Å². The second-order valence-electron chi connectivity index (χ2n) is 9.18. The van der Waals surface area contributed by atoms with Crippen LogP contribution in [0.5, 0.6) is 0 Å². The van der Waals surface area contributed by atoms with E-state index in [2.05, 4.69) is 9.74 Å². The van der Waals surface area contributed by atoms with Crippen molar-refractivity contribution in [1.29, 1.82) is 0 Å². The molecule has 0 spiro atoms. The molecule has 8 nitrogen and oxygen atoms in total. The molecular weight excluding hydrogens is 548 g/mol. The third-order valence-electron chi connectivity index (χ3n) is 6.84. The Balaban J connectivity index is 1.73. The summed E-state index contributed by atoms with van der Waals surface area (Å²) < 4.78 is 82.6. The number of nitrogens with zero attached hydrogens (tertiary/aromatic N) is 4. The maximum Gasteiger partial charge on any atom is 0.492 e. The molecule has 4 rings (SSSR count). The molecule has 0 N–H and O–H groups in total.